The average molecular weight is 274 g/mol. The van der Waals surface area contributed by atoms with Crippen LogP contribution in [0.5, 0.6) is 0 Å². The molecule has 0 spiro atoms. The van der Waals surface area contributed by atoms with Gasteiger partial charge in [0.2, 0.25) is 0 Å². The lowest BCUT2D eigenvalue weighted by Gasteiger charge is -2.27. The largest absolute Gasteiger partial charge is 0.480 e. The van der Waals surface area contributed by atoms with Crippen LogP contribution in [0.1, 0.15) is 25.7 Å². The highest BCUT2D eigenvalue weighted by Gasteiger charge is 2.34. The van der Waals surface area contributed by atoms with E-state index in [0.29, 0.717) is 37.3 Å². The molecule has 0 aromatic carbocycles. The maximum absolute atomic E-state index is 12.0. The molecule has 0 saturated carbocycles. The normalized spacial score (nSPS) is 32.2. The summed E-state index contributed by atoms with van der Waals surface area (Å²) in [5.74, 6) is 0.299. The molecular weight excluding hydrogens is 256 g/mol. The molecule has 2 saturated heterocycles. The summed E-state index contributed by atoms with van der Waals surface area (Å²) in [5, 5.41) is 11.9. The predicted octanol–water partition coefficient (Wildman–Crippen LogP) is 0.156. The van der Waals surface area contributed by atoms with Crippen LogP contribution in [0.4, 0.5) is 4.79 Å². The lowest BCUT2D eigenvalue weighted by Crippen LogP contribution is -2.50. The predicted molar refractivity (Wildman–Crippen MR) is 66.8 cm³/mol. The Bertz CT molecular complexity index is 364. The van der Waals surface area contributed by atoms with Gasteiger partial charge in [-0.2, -0.15) is 0 Å². The zero-order valence-corrected chi connectivity index (χ0v) is 10.9. The summed E-state index contributed by atoms with van der Waals surface area (Å²) in [5.41, 5.74) is 0. The van der Waals surface area contributed by atoms with Crippen LogP contribution in [0.15, 0.2) is 0 Å². The van der Waals surface area contributed by atoms with E-state index < -0.39 is 22.8 Å². The Hall–Kier alpha value is -1.11. The third-order valence-corrected chi connectivity index (χ3v) is 4.90. The van der Waals surface area contributed by atoms with Gasteiger partial charge < -0.3 is 15.3 Å². The monoisotopic (exact) mass is 274 g/mol. The quantitative estimate of drug-likeness (QED) is 0.751. The van der Waals surface area contributed by atoms with E-state index in [4.69, 9.17) is 5.11 Å². The van der Waals surface area contributed by atoms with E-state index in [0.717, 1.165) is 6.42 Å². The Morgan fingerprint density at radius 3 is 2.50 bits per heavy atom. The van der Waals surface area contributed by atoms with E-state index in [1.807, 2.05) is 0 Å². The number of urea groups is 1. The smallest absolute Gasteiger partial charge is 0.326 e. The minimum atomic E-state index is -0.938. The van der Waals surface area contributed by atoms with Gasteiger partial charge in [-0.15, -0.1) is 0 Å². The number of likely N-dealkylation sites (tertiary alicyclic amines) is 1. The van der Waals surface area contributed by atoms with Gasteiger partial charge in [0.05, 0.1) is 0 Å². The highest BCUT2D eigenvalue weighted by atomic mass is 32.2. The molecule has 2 aliphatic rings. The summed E-state index contributed by atoms with van der Waals surface area (Å²) < 4.78 is 11.2. The summed E-state index contributed by atoms with van der Waals surface area (Å²) in [6, 6.07) is -0.953. The Morgan fingerprint density at radius 2 is 1.89 bits per heavy atom. The standard InChI is InChI=1S/C11H18N2O4S/c14-10(15)9-2-1-5-13(9)11(16)12-8-3-6-18(17)7-4-8/h8-9H,1-7H2,(H,12,16)(H,14,15)/t8?,9-,18?/m0/s1. The number of carboxylic acids is 1. The van der Waals surface area contributed by atoms with E-state index in [1.165, 1.54) is 4.90 Å². The second-order valence-corrected chi connectivity index (χ2v) is 6.46. The first-order valence-corrected chi connectivity index (χ1v) is 7.71. The molecule has 2 aliphatic heterocycles. The topological polar surface area (TPSA) is 86.7 Å². The van der Waals surface area contributed by atoms with Crippen LogP contribution >= 0.6 is 0 Å². The number of carboxylic acid groups (broad SMARTS) is 1. The van der Waals surface area contributed by atoms with E-state index >= 15 is 0 Å². The van der Waals surface area contributed by atoms with Gasteiger partial charge in [-0.25, -0.2) is 9.59 Å². The summed E-state index contributed by atoms with van der Waals surface area (Å²) in [4.78, 5) is 24.4. The second-order valence-electron chi connectivity index (χ2n) is 4.76. The number of rotatable bonds is 2. The van der Waals surface area contributed by atoms with Crippen molar-refractivity contribution < 1.29 is 18.9 Å². The van der Waals surface area contributed by atoms with Crippen LogP contribution < -0.4 is 5.32 Å². The van der Waals surface area contributed by atoms with Gasteiger partial charge >= 0.3 is 12.0 Å². The maximum atomic E-state index is 12.0. The van der Waals surface area contributed by atoms with Gasteiger partial charge in [0, 0.05) is 34.9 Å². The highest BCUT2D eigenvalue weighted by molar-refractivity contribution is 7.85. The Kier molecular flexibility index (Phi) is 4.21. The first-order valence-electron chi connectivity index (χ1n) is 6.23. The number of carbonyl (C=O) groups is 2. The number of hydrogen-bond acceptors (Lipinski definition) is 3. The van der Waals surface area contributed by atoms with E-state index in [2.05, 4.69) is 5.32 Å². The average Bonchev–Trinajstić information content (AvgIpc) is 2.81. The van der Waals surface area contributed by atoms with Crippen LogP contribution in [0.3, 0.4) is 0 Å². The van der Waals surface area contributed by atoms with E-state index in [1.54, 1.807) is 0 Å². The number of amides is 2. The van der Waals surface area contributed by atoms with E-state index in [-0.39, 0.29) is 12.1 Å². The van der Waals surface area contributed by atoms with Crippen LogP contribution in [0.2, 0.25) is 0 Å². The second kappa shape index (κ2) is 5.69. The van der Waals surface area contributed by atoms with Gasteiger partial charge in [0.25, 0.3) is 0 Å². The van der Waals surface area contributed by atoms with Gasteiger partial charge in [-0.1, -0.05) is 0 Å². The van der Waals surface area contributed by atoms with Crippen molar-refractivity contribution in [3.05, 3.63) is 0 Å². The molecule has 0 aromatic heterocycles. The molecule has 0 aromatic rings. The SMILES string of the molecule is O=C(O)[C@@H]1CCCN1C(=O)NC1CCS(=O)CC1. The Balaban J connectivity index is 1.87. The first-order chi connectivity index (χ1) is 8.58. The molecule has 2 rings (SSSR count). The lowest BCUT2D eigenvalue weighted by atomic mass is 10.1. The third-order valence-electron chi connectivity index (χ3n) is 3.51. The Labute approximate surface area is 108 Å². The first kappa shape index (κ1) is 13.3. The van der Waals surface area contributed by atoms with Crippen molar-refractivity contribution in [2.45, 2.75) is 37.8 Å². The van der Waals surface area contributed by atoms with Gasteiger partial charge in [0.1, 0.15) is 6.04 Å². The van der Waals surface area contributed by atoms with Crippen molar-refractivity contribution in [2.24, 2.45) is 0 Å². The van der Waals surface area contributed by atoms with Gasteiger partial charge in [-0.3, -0.25) is 4.21 Å². The van der Waals surface area contributed by atoms with Crippen molar-refractivity contribution in [2.75, 3.05) is 18.1 Å². The summed E-state index contributed by atoms with van der Waals surface area (Å²) in [7, 11) is -0.751. The zero-order valence-electron chi connectivity index (χ0n) is 10.1. The molecule has 0 radical (unpaired) electrons. The molecule has 0 bridgehead atoms. The molecule has 0 aliphatic carbocycles. The zero-order chi connectivity index (χ0) is 13.1. The number of aliphatic carboxylic acids is 1. The number of nitrogens with one attached hydrogen (secondary N) is 1. The van der Waals surface area contributed by atoms with Crippen LogP contribution in [0, 0.1) is 0 Å². The van der Waals surface area contributed by atoms with Crippen LogP contribution in [0.25, 0.3) is 0 Å². The number of nitrogens with zero attached hydrogens (tertiary/aromatic N) is 1. The van der Waals surface area contributed by atoms with Crippen molar-refractivity contribution in [3.8, 4) is 0 Å². The number of hydrogen-bond donors (Lipinski definition) is 2. The van der Waals surface area contributed by atoms with Crippen molar-refractivity contribution in [1.29, 1.82) is 0 Å². The molecular formula is C11H18N2O4S. The molecule has 0 unspecified atom stereocenters. The van der Waals surface area contributed by atoms with E-state index in [9.17, 15) is 13.8 Å². The summed E-state index contributed by atoms with van der Waals surface area (Å²) in [6.07, 6.45) is 2.68. The molecule has 2 N–H and O–H groups in total. The summed E-state index contributed by atoms with van der Waals surface area (Å²) >= 11 is 0. The Morgan fingerprint density at radius 1 is 1.22 bits per heavy atom. The lowest BCUT2D eigenvalue weighted by molar-refractivity contribution is -0.141. The fraction of sp³-hybridized carbons (Fsp3) is 0.818. The fourth-order valence-electron chi connectivity index (χ4n) is 2.46. The van der Waals surface area contributed by atoms with Gasteiger partial charge in [-0.05, 0) is 25.7 Å². The molecule has 2 fully saturated rings. The highest BCUT2D eigenvalue weighted by Crippen LogP contribution is 2.18. The van der Waals surface area contributed by atoms with Crippen LogP contribution in [-0.4, -0.2) is 56.3 Å². The molecule has 2 amide bonds. The van der Waals surface area contributed by atoms with Crippen molar-refractivity contribution in [3.63, 3.8) is 0 Å². The number of carbonyl (C=O) groups excluding carboxylic acids is 1. The van der Waals surface area contributed by atoms with Gasteiger partial charge in [0.15, 0.2) is 0 Å². The minimum absolute atomic E-state index is 0.0326. The van der Waals surface area contributed by atoms with Crippen molar-refractivity contribution in [1.82, 2.24) is 10.2 Å². The maximum Gasteiger partial charge on any atom is 0.326 e. The van der Waals surface area contributed by atoms with Crippen molar-refractivity contribution >= 4 is 22.8 Å². The third kappa shape index (κ3) is 3.01. The molecule has 2 heterocycles. The molecule has 6 nitrogen and oxygen atoms in total. The summed E-state index contributed by atoms with van der Waals surface area (Å²) in [6.45, 7) is 0.501. The molecule has 7 heteroatoms. The fourth-order valence-corrected chi connectivity index (χ4v) is 3.76. The molecule has 18 heavy (non-hydrogen) atoms. The molecule has 102 valence electrons. The minimum Gasteiger partial charge on any atom is -0.480 e. The van der Waals surface area contributed by atoms with Crippen LogP contribution in [-0.2, 0) is 15.6 Å². The molecule has 1 atom stereocenters.